The molecule has 1 unspecified atom stereocenters. The van der Waals surface area contributed by atoms with E-state index in [9.17, 15) is 26.7 Å². The average molecular weight is 249 g/mol. The predicted octanol–water partition coefficient (Wildman–Crippen LogP) is 2.70. The van der Waals surface area contributed by atoms with Crippen LogP contribution in [0.25, 0.3) is 0 Å². The fourth-order valence-electron chi connectivity index (χ4n) is 1.19. The van der Waals surface area contributed by atoms with Gasteiger partial charge in [0.1, 0.15) is 17.6 Å². The molecule has 0 N–H and O–H groups in total. The number of carbonyl (C=O) groups excluding carboxylic acids is 1. The van der Waals surface area contributed by atoms with Gasteiger partial charge >= 0.3 is 6.18 Å². The van der Waals surface area contributed by atoms with Gasteiger partial charge in [-0.1, -0.05) is 0 Å². The first kappa shape index (κ1) is 13.1. The first-order chi connectivity index (χ1) is 7.75. The number of nitriles is 1. The zero-order valence-electron chi connectivity index (χ0n) is 8.05. The highest BCUT2D eigenvalue weighted by molar-refractivity contribution is 5.92. The molecule has 0 fully saturated rings. The molecule has 0 aliphatic heterocycles. The van der Waals surface area contributed by atoms with Crippen molar-refractivity contribution >= 4 is 5.78 Å². The summed E-state index contributed by atoms with van der Waals surface area (Å²) in [7, 11) is 0. The van der Waals surface area contributed by atoms with Crippen molar-refractivity contribution in [2.75, 3.05) is 0 Å². The zero-order chi connectivity index (χ0) is 13.2. The van der Waals surface area contributed by atoms with Gasteiger partial charge in [0.2, 0.25) is 0 Å². The lowest BCUT2D eigenvalue weighted by molar-refractivity contribution is -0.171. The summed E-state index contributed by atoms with van der Waals surface area (Å²) in [6, 6.07) is 2.53. The van der Waals surface area contributed by atoms with E-state index in [1.165, 1.54) is 0 Å². The Kier molecular flexibility index (Phi) is 3.46. The quantitative estimate of drug-likeness (QED) is 0.756. The highest BCUT2D eigenvalue weighted by Gasteiger charge is 2.44. The molecule has 17 heavy (non-hydrogen) atoms. The van der Waals surface area contributed by atoms with Gasteiger partial charge in [0, 0.05) is 6.07 Å². The Bertz CT molecular complexity index is 468. The maximum atomic E-state index is 12.7. The van der Waals surface area contributed by atoms with Gasteiger partial charge in [-0.2, -0.15) is 18.4 Å². The van der Waals surface area contributed by atoms with E-state index in [-0.39, 0.29) is 0 Å². The summed E-state index contributed by atoms with van der Waals surface area (Å²) in [4.78, 5) is 10.8. The van der Waals surface area contributed by atoms with E-state index in [4.69, 9.17) is 5.26 Å². The minimum absolute atomic E-state index is 0.427. The van der Waals surface area contributed by atoms with Crippen LogP contribution < -0.4 is 0 Å². The minimum Gasteiger partial charge on any atom is -0.288 e. The second-order valence-electron chi connectivity index (χ2n) is 3.13. The predicted molar refractivity (Wildman–Crippen MR) is 45.8 cm³/mol. The maximum Gasteiger partial charge on any atom is 0.451 e. The lowest BCUT2D eigenvalue weighted by Gasteiger charge is -2.11. The zero-order valence-corrected chi connectivity index (χ0v) is 8.05. The highest BCUT2D eigenvalue weighted by atomic mass is 19.4. The van der Waals surface area contributed by atoms with E-state index < -0.39 is 35.1 Å². The number of alkyl halides is 3. The van der Waals surface area contributed by atoms with Crippen LogP contribution in [0, 0.1) is 23.0 Å². The van der Waals surface area contributed by atoms with Gasteiger partial charge in [-0.05, 0) is 17.7 Å². The summed E-state index contributed by atoms with van der Waals surface area (Å²) in [5, 5.41) is 8.48. The summed E-state index contributed by atoms with van der Waals surface area (Å²) in [5.41, 5.74) is -0.660. The van der Waals surface area contributed by atoms with Crippen molar-refractivity contribution in [2.24, 2.45) is 0 Å². The smallest absolute Gasteiger partial charge is 0.288 e. The van der Waals surface area contributed by atoms with Crippen LogP contribution in [-0.4, -0.2) is 12.0 Å². The molecule has 0 saturated carbocycles. The first-order valence-electron chi connectivity index (χ1n) is 4.22. The van der Waals surface area contributed by atoms with Crippen molar-refractivity contribution < 1.29 is 26.7 Å². The summed E-state index contributed by atoms with van der Waals surface area (Å²) >= 11 is 0. The van der Waals surface area contributed by atoms with E-state index in [1.807, 2.05) is 0 Å². The molecule has 7 heteroatoms. The van der Waals surface area contributed by atoms with Gasteiger partial charge in [-0.15, -0.1) is 0 Å². The largest absolute Gasteiger partial charge is 0.451 e. The third-order valence-electron chi connectivity index (χ3n) is 1.89. The number of rotatable bonds is 2. The molecule has 90 valence electrons. The summed E-state index contributed by atoms with van der Waals surface area (Å²) < 4.78 is 61.7. The van der Waals surface area contributed by atoms with Crippen molar-refractivity contribution in [3.63, 3.8) is 0 Å². The Morgan fingerprint density at radius 3 is 2.00 bits per heavy atom. The molecule has 0 spiro atoms. The topological polar surface area (TPSA) is 40.9 Å². The number of ketones is 1. The highest BCUT2D eigenvalue weighted by Crippen LogP contribution is 2.28. The number of nitrogens with zero attached hydrogens (tertiary/aromatic N) is 1. The minimum atomic E-state index is -5.23. The lowest BCUT2D eigenvalue weighted by Crippen LogP contribution is -2.28. The molecule has 2 nitrogen and oxygen atoms in total. The number of halogens is 5. The van der Waals surface area contributed by atoms with Crippen molar-refractivity contribution in [3.8, 4) is 6.07 Å². The lowest BCUT2D eigenvalue weighted by atomic mass is 9.95. The van der Waals surface area contributed by atoms with Gasteiger partial charge in [0.25, 0.3) is 5.78 Å². The second kappa shape index (κ2) is 4.49. The average Bonchev–Trinajstić information content (AvgIpc) is 2.15. The number of Topliss-reactive ketones (excluding diaryl/α,β-unsaturated/α-hetero) is 1. The molecule has 1 aromatic rings. The number of hydrogen-bond acceptors (Lipinski definition) is 2. The van der Waals surface area contributed by atoms with Crippen LogP contribution in [0.15, 0.2) is 18.2 Å². The molecule has 0 bridgehead atoms. The molecule has 0 radical (unpaired) electrons. The summed E-state index contributed by atoms with van der Waals surface area (Å²) in [5.74, 6) is -6.93. The van der Waals surface area contributed by atoms with Crippen LogP contribution in [0.2, 0.25) is 0 Å². The molecule has 0 heterocycles. The van der Waals surface area contributed by atoms with Crippen molar-refractivity contribution in [3.05, 3.63) is 35.4 Å². The Morgan fingerprint density at radius 1 is 1.18 bits per heavy atom. The molecule has 1 aromatic carbocycles. The normalized spacial score (nSPS) is 12.9. The number of carbonyl (C=O) groups is 1. The van der Waals surface area contributed by atoms with Crippen molar-refractivity contribution in [1.82, 2.24) is 0 Å². The molecule has 0 aliphatic rings. The van der Waals surface area contributed by atoms with E-state index in [0.29, 0.717) is 18.2 Å². The molecule has 0 aliphatic carbocycles. The molecule has 1 atom stereocenters. The fraction of sp³-hybridized carbons (Fsp3) is 0.200. The first-order valence-corrected chi connectivity index (χ1v) is 4.22. The monoisotopic (exact) mass is 249 g/mol. The molecular weight excluding hydrogens is 245 g/mol. The Labute approximate surface area is 92.3 Å². The second-order valence-corrected chi connectivity index (χ2v) is 3.13. The van der Waals surface area contributed by atoms with Crippen LogP contribution in [0.5, 0.6) is 0 Å². The number of benzene rings is 1. The van der Waals surface area contributed by atoms with Crippen LogP contribution in [0.4, 0.5) is 22.0 Å². The van der Waals surface area contributed by atoms with E-state index in [1.54, 1.807) is 0 Å². The standard InChI is InChI=1S/C10H4F5NO/c11-6-1-5(2-7(12)3-6)8(4-16)9(17)10(13,14)15/h1-3,8H. The molecule has 1 rings (SSSR count). The molecule has 0 aromatic heterocycles. The van der Waals surface area contributed by atoms with Gasteiger partial charge in [0.05, 0.1) is 6.07 Å². The van der Waals surface area contributed by atoms with Crippen LogP contribution in [0.1, 0.15) is 11.5 Å². The SMILES string of the molecule is N#CC(C(=O)C(F)(F)F)c1cc(F)cc(F)c1. The Balaban J connectivity index is 3.20. The third-order valence-corrected chi connectivity index (χ3v) is 1.89. The molecule has 0 saturated heterocycles. The number of hydrogen-bond donors (Lipinski definition) is 0. The molecular formula is C10H4F5NO. The van der Waals surface area contributed by atoms with E-state index in [2.05, 4.69) is 0 Å². The summed E-state index contributed by atoms with van der Waals surface area (Å²) in [6.45, 7) is 0. The van der Waals surface area contributed by atoms with Crippen LogP contribution in [0.3, 0.4) is 0 Å². The van der Waals surface area contributed by atoms with Crippen molar-refractivity contribution in [1.29, 1.82) is 5.26 Å². The maximum absolute atomic E-state index is 12.7. The van der Waals surface area contributed by atoms with Crippen molar-refractivity contribution in [2.45, 2.75) is 12.1 Å². The van der Waals surface area contributed by atoms with E-state index >= 15 is 0 Å². The van der Waals surface area contributed by atoms with Gasteiger partial charge in [0.15, 0.2) is 0 Å². The summed E-state index contributed by atoms with van der Waals surface area (Å²) in [6.07, 6.45) is -5.23. The van der Waals surface area contributed by atoms with E-state index in [0.717, 1.165) is 6.07 Å². The fourth-order valence-corrected chi connectivity index (χ4v) is 1.19. The Hall–Kier alpha value is -1.97. The molecule has 0 amide bonds. The van der Waals surface area contributed by atoms with Gasteiger partial charge < -0.3 is 0 Å². The van der Waals surface area contributed by atoms with Gasteiger partial charge in [-0.25, -0.2) is 8.78 Å². The Morgan fingerprint density at radius 2 is 1.65 bits per heavy atom. The van der Waals surface area contributed by atoms with Crippen LogP contribution >= 0.6 is 0 Å². The van der Waals surface area contributed by atoms with Gasteiger partial charge in [-0.3, -0.25) is 4.79 Å². The third kappa shape index (κ3) is 3.00. The van der Waals surface area contributed by atoms with Crippen LogP contribution in [-0.2, 0) is 4.79 Å².